The molecular formula is C30H32F2N8O5. The smallest absolute Gasteiger partial charge is 0.407 e. The van der Waals surface area contributed by atoms with Gasteiger partial charge in [0.2, 0.25) is 0 Å². The van der Waals surface area contributed by atoms with Gasteiger partial charge in [-0.1, -0.05) is 0 Å². The summed E-state index contributed by atoms with van der Waals surface area (Å²) in [6.45, 7) is 1.22. The first-order valence-corrected chi connectivity index (χ1v) is 14.4. The van der Waals surface area contributed by atoms with E-state index in [1.54, 1.807) is 42.4 Å². The van der Waals surface area contributed by atoms with Gasteiger partial charge in [-0.15, -0.1) is 0 Å². The molecule has 4 aromatic rings. The molecule has 3 N–H and O–H groups in total. The summed E-state index contributed by atoms with van der Waals surface area (Å²) in [6.07, 6.45) is 4.01. The van der Waals surface area contributed by atoms with Gasteiger partial charge in [0.15, 0.2) is 5.82 Å². The Morgan fingerprint density at radius 2 is 1.87 bits per heavy atom. The Kier molecular flexibility index (Phi) is 8.49. The highest BCUT2D eigenvalue weighted by atomic mass is 19.3. The van der Waals surface area contributed by atoms with Crippen LogP contribution in [0.5, 0.6) is 17.2 Å². The first kappa shape index (κ1) is 29.8. The third kappa shape index (κ3) is 6.97. The monoisotopic (exact) mass is 622 g/mol. The Balaban J connectivity index is 1.21. The van der Waals surface area contributed by atoms with Gasteiger partial charge in [-0.05, 0) is 31.4 Å². The number of halogens is 2. The number of nitrogens with one attached hydrogen (secondary N) is 2. The maximum absolute atomic E-state index is 13.8. The SMILES string of the molecule is COc1ccc(CNc2cc(Nc3cc(OC4CC4)c(-c4cnn(CC5CCN5C(=O)O)c4)cn3)nc(C(F)F)n2)c(OC)c1. The highest BCUT2D eigenvalue weighted by Crippen LogP contribution is 2.37. The van der Waals surface area contributed by atoms with Crippen molar-refractivity contribution in [3.63, 3.8) is 0 Å². The number of hydrogen-bond donors (Lipinski definition) is 3. The molecule has 236 valence electrons. The van der Waals surface area contributed by atoms with Crippen molar-refractivity contribution in [3.05, 3.63) is 60.3 Å². The maximum Gasteiger partial charge on any atom is 0.407 e. The Hall–Kier alpha value is -5.21. The van der Waals surface area contributed by atoms with Crippen LogP contribution < -0.4 is 24.8 Å². The number of pyridine rings is 1. The van der Waals surface area contributed by atoms with E-state index >= 15 is 0 Å². The first-order chi connectivity index (χ1) is 21.8. The Labute approximate surface area is 257 Å². The number of amides is 1. The Morgan fingerprint density at radius 1 is 1.04 bits per heavy atom. The number of rotatable bonds is 13. The lowest BCUT2D eigenvalue weighted by Gasteiger charge is -2.38. The molecule has 4 heterocycles. The summed E-state index contributed by atoms with van der Waals surface area (Å²) in [4.78, 5) is 25.2. The summed E-state index contributed by atoms with van der Waals surface area (Å²) in [5, 5.41) is 19.8. The zero-order valence-corrected chi connectivity index (χ0v) is 24.6. The molecule has 0 bridgehead atoms. The minimum atomic E-state index is -2.90. The fourth-order valence-corrected chi connectivity index (χ4v) is 4.92. The molecule has 1 saturated heterocycles. The molecule has 6 rings (SSSR count). The summed E-state index contributed by atoms with van der Waals surface area (Å²) < 4.78 is 46.1. The molecule has 2 fully saturated rings. The number of likely N-dealkylation sites (tertiary alicyclic amines) is 1. The lowest BCUT2D eigenvalue weighted by atomic mass is 10.0. The normalized spacial score (nSPS) is 15.8. The summed E-state index contributed by atoms with van der Waals surface area (Å²) in [7, 11) is 3.09. The molecule has 0 spiro atoms. The van der Waals surface area contributed by atoms with Gasteiger partial charge in [0.05, 0.1) is 39.1 Å². The van der Waals surface area contributed by atoms with E-state index in [0.29, 0.717) is 41.7 Å². The zero-order chi connectivity index (χ0) is 31.5. The third-order valence-electron chi connectivity index (χ3n) is 7.56. The summed E-state index contributed by atoms with van der Waals surface area (Å²) in [6, 6.07) is 8.42. The van der Waals surface area contributed by atoms with Crippen LogP contribution >= 0.6 is 0 Å². The predicted octanol–water partition coefficient (Wildman–Crippen LogP) is 5.34. The standard InChI is InChI=1S/C30H32F2N8O5/c1-43-21-4-3-17(23(9-21)44-2)12-33-26-11-27(38-29(37-26)28(31)32)36-25-10-24(45-20-5-6-20)22(14-34-25)18-13-35-39(15-18)16-19-7-8-40(19)30(41)42/h3-4,9-11,13-15,19-20,28H,5-8,12,16H2,1-2H3,(H,41,42)(H2,33,34,36,37,38). The highest BCUT2D eigenvalue weighted by Gasteiger charge is 2.32. The molecule has 3 aromatic heterocycles. The van der Waals surface area contributed by atoms with Gasteiger partial charge in [-0.2, -0.15) is 5.10 Å². The van der Waals surface area contributed by atoms with Crippen LogP contribution in [0.2, 0.25) is 0 Å². The van der Waals surface area contributed by atoms with E-state index in [1.807, 2.05) is 12.3 Å². The Bertz CT molecular complexity index is 1680. The molecule has 1 amide bonds. The van der Waals surface area contributed by atoms with Crippen molar-refractivity contribution in [1.29, 1.82) is 0 Å². The van der Waals surface area contributed by atoms with Gasteiger partial charge in [-0.3, -0.25) is 4.68 Å². The Morgan fingerprint density at radius 3 is 2.56 bits per heavy atom. The van der Waals surface area contributed by atoms with E-state index in [4.69, 9.17) is 14.2 Å². The number of anilines is 3. The van der Waals surface area contributed by atoms with Crippen LogP contribution in [-0.4, -0.2) is 73.7 Å². The van der Waals surface area contributed by atoms with Crippen LogP contribution in [0.4, 0.5) is 31.0 Å². The fourth-order valence-electron chi connectivity index (χ4n) is 4.92. The van der Waals surface area contributed by atoms with E-state index in [0.717, 1.165) is 30.4 Å². The van der Waals surface area contributed by atoms with Gasteiger partial charge >= 0.3 is 6.09 Å². The number of methoxy groups -OCH3 is 2. The number of carbonyl (C=O) groups is 1. The summed E-state index contributed by atoms with van der Waals surface area (Å²) in [5.41, 5.74) is 2.24. The molecule has 1 saturated carbocycles. The number of benzene rings is 1. The van der Waals surface area contributed by atoms with Crippen molar-refractivity contribution in [1.82, 2.24) is 29.6 Å². The van der Waals surface area contributed by atoms with Gasteiger partial charge in [0.25, 0.3) is 6.43 Å². The van der Waals surface area contributed by atoms with Crippen molar-refractivity contribution in [2.45, 2.75) is 50.9 Å². The molecule has 1 atom stereocenters. The van der Waals surface area contributed by atoms with Crippen LogP contribution in [0.25, 0.3) is 11.1 Å². The lowest BCUT2D eigenvalue weighted by Crippen LogP contribution is -2.52. The molecular weight excluding hydrogens is 590 g/mol. The van der Waals surface area contributed by atoms with E-state index < -0.39 is 18.3 Å². The molecule has 1 aliphatic carbocycles. The molecule has 15 heteroatoms. The molecule has 45 heavy (non-hydrogen) atoms. The maximum atomic E-state index is 13.8. The fraction of sp³-hybridized carbons (Fsp3) is 0.367. The second-order valence-electron chi connectivity index (χ2n) is 10.7. The van der Waals surface area contributed by atoms with E-state index in [1.165, 1.54) is 18.1 Å². The van der Waals surface area contributed by atoms with Crippen LogP contribution in [-0.2, 0) is 13.1 Å². The number of hydrogen-bond acceptors (Lipinski definition) is 10. The number of aromatic nitrogens is 5. The summed E-state index contributed by atoms with van der Waals surface area (Å²) >= 11 is 0. The average molecular weight is 623 g/mol. The van der Waals surface area contributed by atoms with E-state index in [-0.39, 0.29) is 30.3 Å². The largest absolute Gasteiger partial charge is 0.497 e. The quantitative estimate of drug-likeness (QED) is 0.177. The first-order valence-electron chi connectivity index (χ1n) is 14.4. The number of ether oxygens (including phenoxy) is 3. The van der Waals surface area contributed by atoms with Crippen molar-refractivity contribution >= 4 is 23.5 Å². The predicted molar refractivity (Wildman–Crippen MR) is 159 cm³/mol. The molecule has 2 aliphatic rings. The topological polar surface area (TPSA) is 149 Å². The van der Waals surface area contributed by atoms with Gasteiger partial charge in [0.1, 0.15) is 34.7 Å². The van der Waals surface area contributed by atoms with Gasteiger partial charge < -0.3 is 34.9 Å². The zero-order valence-electron chi connectivity index (χ0n) is 24.6. The van der Waals surface area contributed by atoms with Crippen molar-refractivity contribution < 1.29 is 32.9 Å². The second-order valence-corrected chi connectivity index (χ2v) is 10.7. The van der Waals surface area contributed by atoms with E-state index in [9.17, 15) is 18.7 Å². The van der Waals surface area contributed by atoms with Crippen molar-refractivity contribution in [2.24, 2.45) is 0 Å². The molecule has 1 aliphatic heterocycles. The summed E-state index contributed by atoms with van der Waals surface area (Å²) in [5.74, 6) is 1.77. The van der Waals surface area contributed by atoms with Gasteiger partial charge in [0, 0.05) is 60.4 Å². The van der Waals surface area contributed by atoms with Crippen molar-refractivity contribution in [3.8, 4) is 28.4 Å². The van der Waals surface area contributed by atoms with Crippen LogP contribution in [0.3, 0.4) is 0 Å². The van der Waals surface area contributed by atoms with E-state index in [2.05, 4.69) is 30.7 Å². The number of alkyl halides is 2. The number of nitrogens with zero attached hydrogens (tertiary/aromatic N) is 6. The molecule has 1 aromatic carbocycles. The third-order valence-corrected chi connectivity index (χ3v) is 7.56. The van der Waals surface area contributed by atoms with Crippen LogP contribution in [0.15, 0.2) is 48.9 Å². The minimum absolute atomic E-state index is 0.0726. The molecule has 13 nitrogen and oxygen atoms in total. The van der Waals surface area contributed by atoms with Crippen LogP contribution in [0, 0.1) is 0 Å². The molecule has 0 radical (unpaired) electrons. The minimum Gasteiger partial charge on any atom is -0.497 e. The average Bonchev–Trinajstić information content (AvgIpc) is 3.71. The van der Waals surface area contributed by atoms with Gasteiger partial charge in [-0.25, -0.2) is 28.5 Å². The lowest BCUT2D eigenvalue weighted by molar-refractivity contribution is 0.0658. The highest BCUT2D eigenvalue weighted by molar-refractivity contribution is 5.72. The van der Waals surface area contributed by atoms with Crippen molar-refractivity contribution in [2.75, 3.05) is 31.4 Å². The molecule has 1 unspecified atom stereocenters. The second kappa shape index (κ2) is 12.8. The van der Waals surface area contributed by atoms with Crippen LogP contribution in [0.1, 0.15) is 37.1 Å². The number of carboxylic acid groups (broad SMARTS) is 1.